The Morgan fingerprint density at radius 1 is 0.800 bits per heavy atom. The van der Waals surface area contributed by atoms with E-state index >= 15 is 0 Å². The number of benzene rings is 2. The first kappa shape index (κ1) is 31.0. The lowest BCUT2D eigenvalue weighted by atomic mass is 9.74. The van der Waals surface area contributed by atoms with Crippen molar-refractivity contribution in [1.82, 2.24) is 4.90 Å². The molecule has 2 aromatic rings. The third-order valence-electron chi connectivity index (χ3n) is 9.97. The highest BCUT2D eigenvalue weighted by molar-refractivity contribution is 6.07. The Morgan fingerprint density at radius 2 is 1.44 bits per heavy atom. The molecule has 3 amide bonds. The summed E-state index contributed by atoms with van der Waals surface area (Å²) in [4.78, 5) is 51.1. The third kappa shape index (κ3) is 5.16. The Morgan fingerprint density at radius 3 is 2.11 bits per heavy atom. The van der Waals surface area contributed by atoms with Crippen LogP contribution in [0.5, 0.6) is 0 Å². The molecule has 45 heavy (non-hydrogen) atoms. The standard InChI is InChI=1S/C36H44N4O5/c1-4-37(5-2)26-16-18-28(19-17-26)39-24-13-21-36-30(33(43)40(31(36)34(39)44)22-10-7-11-25-41)29-32(42)38(27-14-8-6-9-15-27)23-12-20-35(29,3)45-36/h6,8-9,12-21,29-31,41H,4-5,7,10-11,22-25H2,1-3H3/t29-,30-,31?,35+,36-/m0/s1. The van der Waals surface area contributed by atoms with Gasteiger partial charge in [-0.05, 0) is 76.4 Å². The Kier molecular flexibility index (Phi) is 8.59. The molecule has 0 aliphatic carbocycles. The van der Waals surface area contributed by atoms with E-state index in [0.29, 0.717) is 32.5 Å². The second kappa shape index (κ2) is 12.4. The number of aliphatic hydroxyl groups is 1. The van der Waals surface area contributed by atoms with Gasteiger partial charge in [0.15, 0.2) is 0 Å². The van der Waals surface area contributed by atoms with Crippen LogP contribution in [0.1, 0.15) is 40.0 Å². The van der Waals surface area contributed by atoms with Crippen LogP contribution in [-0.2, 0) is 19.1 Å². The summed E-state index contributed by atoms with van der Waals surface area (Å²) in [5, 5.41) is 9.36. The summed E-state index contributed by atoms with van der Waals surface area (Å²) in [5.41, 5.74) is 0.207. The first-order valence-electron chi connectivity index (χ1n) is 16.3. The monoisotopic (exact) mass is 612 g/mol. The Labute approximate surface area is 265 Å². The molecule has 0 bridgehead atoms. The number of hydrogen-bond donors (Lipinski definition) is 1. The Balaban J connectivity index is 1.40. The van der Waals surface area contributed by atoms with Gasteiger partial charge in [-0.3, -0.25) is 14.4 Å². The van der Waals surface area contributed by atoms with E-state index in [-0.39, 0.29) is 24.3 Å². The lowest BCUT2D eigenvalue weighted by Gasteiger charge is -2.37. The van der Waals surface area contributed by atoms with Crippen LogP contribution < -0.4 is 14.7 Å². The van der Waals surface area contributed by atoms with Crippen molar-refractivity contribution >= 4 is 34.8 Å². The van der Waals surface area contributed by atoms with Crippen molar-refractivity contribution in [1.29, 1.82) is 0 Å². The number of carbonyl (C=O) groups is 3. The van der Waals surface area contributed by atoms with Crippen LogP contribution in [0.15, 0.2) is 78.9 Å². The summed E-state index contributed by atoms with van der Waals surface area (Å²) in [6.45, 7) is 8.97. The summed E-state index contributed by atoms with van der Waals surface area (Å²) in [5.74, 6) is -2.31. The minimum atomic E-state index is -1.31. The molecule has 0 radical (unpaired) electrons. The minimum Gasteiger partial charge on any atom is -0.396 e. The van der Waals surface area contributed by atoms with Gasteiger partial charge in [0.1, 0.15) is 11.6 Å². The fraction of sp³-hybridized carbons (Fsp3) is 0.472. The van der Waals surface area contributed by atoms with Gasteiger partial charge in [-0.15, -0.1) is 0 Å². The molecule has 238 valence electrons. The molecule has 5 atom stereocenters. The van der Waals surface area contributed by atoms with Crippen LogP contribution >= 0.6 is 0 Å². The van der Waals surface area contributed by atoms with Crippen molar-refractivity contribution in [3.8, 4) is 0 Å². The molecule has 4 heterocycles. The van der Waals surface area contributed by atoms with Gasteiger partial charge in [-0.1, -0.05) is 42.5 Å². The summed E-state index contributed by atoms with van der Waals surface area (Å²) in [6.07, 6.45) is 9.62. The molecular formula is C36H44N4O5. The number of rotatable bonds is 10. The van der Waals surface area contributed by atoms with Crippen LogP contribution in [-0.4, -0.2) is 84.3 Å². The van der Waals surface area contributed by atoms with Gasteiger partial charge in [0.05, 0.1) is 17.4 Å². The summed E-state index contributed by atoms with van der Waals surface area (Å²) in [7, 11) is 0. The number of unbranched alkanes of at least 4 members (excludes halogenated alkanes) is 2. The van der Waals surface area contributed by atoms with Crippen molar-refractivity contribution in [3.05, 3.63) is 78.9 Å². The van der Waals surface area contributed by atoms with Gasteiger partial charge in [0.25, 0.3) is 5.91 Å². The van der Waals surface area contributed by atoms with Crippen LogP contribution in [0.4, 0.5) is 17.1 Å². The second-order valence-electron chi connectivity index (χ2n) is 12.5. The van der Waals surface area contributed by atoms with E-state index in [1.165, 1.54) is 0 Å². The summed E-state index contributed by atoms with van der Waals surface area (Å²) < 4.78 is 6.97. The van der Waals surface area contributed by atoms with Crippen LogP contribution in [0.3, 0.4) is 0 Å². The number of carbonyl (C=O) groups excluding carboxylic acids is 3. The second-order valence-corrected chi connectivity index (χ2v) is 12.5. The molecule has 2 fully saturated rings. The molecule has 1 unspecified atom stereocenters. The van der Waals surface area contributed by atoms with Crippen LogP contribution in [0.25, 0.3) is 0 Å². The highest BCUT2D eigenvalue weighted by Crippen LogP contribution is 2.57. The van der Waals surface area contributed by atoms with Crippen LogP contribution in [0.2, 0.25) is 0 Å². The molecular weight excluding hydrogens is 568 g/mol. The molecule has 9 heteroatoms. The van der Waals surface area contributed by atoms with Gasteiger partial charge in [-0.25, -0.2) is 0 Å². The average Bonchev–Trinajstić information content (AvgIpc) is 3.31. The van der Waals surface area contributed by atoms with Crippen molar-refractivity contribution in [2.75, 3.05) is 54.0 Å². The summed E-state index contributed by atoms with van der Waals surface area (Å²) in [6, 6.07) is 16.5. The molecule has 0 saturated carbocycles. The number of likely N-dealkylation sites (tertiary alicyclic amines) is 1. The van der Waals surface area contributed by atoms with E-state index in [1.807, 2.05) is 85.8 Å². The highest BCUT2D eigenvalue weighted by atomic mass is 16.5. The van der Waals surface area contributed by atoms with Crippen molar-refractivity contribution < 1.29 is 24.2 Å². The van der Waals surface area contributed by atoms with E-state index in [9.17, 15) is 19.5 Å². The first-order chi connectivity index (χ1) is 21.8. The zero-order chi connectivity index (χ0) is 31.8. The quantitative estimate of drug-likeness (QED) is 0.320. The van der Waals surface area contributed by atoms with Crippen molar-refractivity contribution in [3.63, 3.8) is 0 Å². The van der Waals surface area contributed by atoms with E-state index in [1.54, 1.807) is 14.7 Å². The van der Waals surface area contributed by atoms with E-state index in [4.69, 9.17) is 4.74 Å². The van der Waals surface area contributed by atoms with Gasteiger partial charge >= 0.3 is 0 Å². The van der Waals surface area contributed by atoms with E-state index in [2.05, 4.69) is 18.7 Å². The largest absolute Gasteiger partial charge is 0.396 e. The van der Waals surface area contributed by atoms with Gasteiger partial charge in [0, 0.05) is 56.4 Å². The number of ether oxygens (including phenoxy) is 1. The van der Waals surface area contributed by atoms with E-state index < -0.39 is 29.1 Å². The normalized spacial score (nSPS) is 29.0. The number of amides is 3. The number of nitrogens with zero attached hydrogens (tertiary/aromatic N) is 4. The molecule has 9 nitrogen and oxygen atoms in total. The van der Waals surface area contributed by atoms with Crippen LogP contribution in [0, 0.1) is 11.8 Å². The van der Waals surface area contributed by atoms with Gasteiger partial charge in [-0.2, -0.15) is 0 Å². The predicted octanol–water partition coefficient (Wildman–Crippen LogP) is 4.17. The number of para-hydroxylation sites is 1. The molecule has 1 spiro atoms. The number of fused-ring (bicyclic) bond motifs is 2. The average molecular weight is 613 g/mol. The summed E-state index contributed by atoms with van der Waals surface area (Å²) >= 11 is 0. The topological polar surface area (TPSA) is 93.6 Å². The molecule has 0 aromatic heterocycles. The fourth-order valence-electron chi connectivity index (χ4n) is 7.84. The molecule has 1 N–H and O–H groups in total. The van der Waals surface area contributed by atoms with Gasteiger partial charge < -0.3 is 29.4 Å². The first-order valence-corrected chi connectivity index (χ1v) is 16.3. The Hall–Kier alpha value is -3.95. The minimum absolute atomic E-state index is 0.0720. The lowest BCUT2D eigenvalue weighted by molar-refractivity contribution is -0.144. The molecule has 6 rings (SSSR count). The number of hydrogen-bond acceptors (Lipinski definition) is 6. The molecule has 4 aliphatic heterocycles. The molecule has 4 aliphatic rings. The van der Waals surface area contributed by atoms with Gasteiger partial charge in [0.2, 0.25) is 11.8 Å². The zero-order valence-electron chi connectivity index (χ0n) is 26.5. The Bertz CT molecular complexity index is 1470. The maximum Gasteiger partial charge on any atom is 0.253 e. The maximum absolute atomic E-state index is 14.7. The fourth-order valence-corrected chi connectivity index (χ4v) is 7.84. The zero-order valence-corrected chi connectivity index (χ0v) is 26.5. The molecule has 2 saturated heterocycles. The highest BCUT2D eigenvalue weighted by Gasteiger charge is 2.74. The van der Waals surface area contributed by atoms with Crippen molar-refractivity contribution in [2.45, 2.75) is 57.3 Å². The van der Waals surface area contributed by atoms with Crippen molar-refractivity contribution in [2.24, 2.45) is 11.8 Å². The number of anilines is 3. The smallest absolute Gasteiger partial charge is 0.253 e. The SMILES string of the molecule is CCN(CC)c1ccc(N2CC=C[C@]34O[C@]5(C)C=CCN(c6ccccc6)C(=O)[C@@H]5[C@H]3C(=O)N(CCCCCO)C4C2=O)cc1. The molecule has 2 aromatic carbocycles. The lowest BCUT2D eigenvalue weighted by Crippen LogP contribution is -2.56. The predicted molar refractivity (Wildman–Crippen MR) is 175 cm³/mol. The maximum atomic E-state index is 14.7. The van der Waals surface area contributed by atoms with E-state index in [0.717, 1.165) is 36.6 Å². The number of aliphatic hydroxyl groups excluding tert-OH is 1. The third-order valence-corrected chi connectivity index (χ3v) is 9.97.